The van der Waals surface area contributed by atoms with Crippen molar-refractivity contribution in [1.82, 2.24) is 5.32 Å². The topological polar surface area (TPSA) is 55.1 Å². The highest BCUT2D eigenvalue weighted by Gasteiger charge is 2.27. The maximum absolute atomic E-state index is 13.3. The fraction of sp³-hybridized carbons (Fsp3) is 0.300. The number of hydrogen-bond acceptors (Lipinski definition) is 2. The van der Waals surface area contributed by atoms with Crippen LogP contribution in [0.5, 0.6) is 0 Å². The predicted octanol–water partition coefficient (Wildman–Crippen LogP) is 1.91. The highest BCUT2D eigenvalue weighted by Crippen LogP contribution is 2.15. The Morgan fingerprint density at radius 3 is 2.65 bits per heavy atom. The number of alkyl halides is 2. The molecule has 0 aromatic heterocycles. The van der Waals surface area contributed by atoms with Crippen molar-refractivity contribution in [2.75, 3.05) is 13.1 Å². The van der Waals surface area contributed by atoms with Gasteiger partial charge in [-0.2, -0.15) is 0 Å². The average Bonchev–Trinajstić information content (AvgIpc) is 2.26. The third-order valence-electron chi connectivity index (χ3n) is 1.98. The third-order valence-corrected chi connectivity index (χ3v) is 2.48. The molecule has 0 saturated heterocycles. The molecule has 0 unspecified atom stereocenters. The summed E-state index contributed by atoms with van der Waals surface area (Å²) in [5, 5.41) is 1.93. The maximum atomic E-state index is 13.3. The molecular weight excluding hydrogens is 301 g/mol. The van der Waals surface area contributed by atoms with Gasteiger partial charge in [-0.15, -0.1) is 0 Å². The summed E-state index contributed by atoms with van der Waals surface area (Å²) in [6.07, 6.45) is 0. The fourth-order valence-electron chi connectivity index (χ4n) is 1.05. The van der Waals surface area contributed by atoms with E-state index in [1.54, 1.807) is 0 Å². The van der Waals surface area contributed by atoms with E-state index in [4.69, 9.17) is 5.73 Å². The van der Waals surface area contributed by atoms with Crippen LogP contribution in [0.15, 0.2) is 22.7 Å². The summed E-state index contributed by atoms with van der Waals surface area (Å²) in [7, 11) is 0. The first-order valence-corrected chi connectivity index (χ1v) is 5.46. The molecule has 0 spiro atoms. The minimum atomic E-state index is -3.19. The van der Waals surface area contributed by atoms with E-state index in [1.807, 2.05) is 5.32 Å². The lowest BCUT2D eigenvalue weighted by molar-refractivity contribution is 0.0118. The van der Waals surface area contributed by atoms with Crippen LogP contribution < -0.4 is 11.1 Å². The van der Waals surface area contributed by atoms with Crippen molar-refractivity contribution in [3.05, 3.63) is 34.1 Å². The van der Waals surface area contributed by atoms with E-state index < -0.39 is 30.7 Å². The van der Waals surface area contributed by atoms with Crippen LogP contribution in [0.2, 0.25) is 0 Å². The first kappa shape index (κ1) is 14.0. The van der Waals surface area contributed by atoms with Crippen LogP contribution in [0.1, 0.15) is 10.4 Å². The monoisotopic (exact) mass is 310 g/mol. The Kier molecular flexibility index (Phi) is 4.53. The van der Waals surface area contributed by atoms with Crippen LogP contribution in [0.4, 0.5) is 13.2 Å². The molecule has 0 saturated carbocycles. The Labute approximate surface area is 104 Å². The average molecular weight is 311 g/mol. The number of amides is 1. The summed E-state index contributed by atoms with van der Waals surface area (Å²) in [6.45, 7) is -1.80. The molecule has 0 aliphatic carbocycles. The highest BCUT2D eigenvalue weighted by molar-refractivity contribution is 9.10. The van der Waals surface area contributed by atoms with E-state index in [9.17, 15) is 18.0 Å². The first-order valence-electron chi connectivity index (χ1n) is 4.67. The molecule has 0 radical (unpaired) electrons. The van der Waals surface area contributed by atoms with Gasteiger partial charge in [0.25, 0.3) is 11.8 Å². The van der Waals surface area contributed by atoms with Crippen LogP contribution in [0.3, 0.4) is 0 Å². The van der Waals surface area contributed by atoms with Gasteiger partial charge in [-0.25, -0.2) is 13.2 Å². The van der Waals surface area contributed by atoms with Gasteiger partial charge in [0.05, 0.1) is 18.7 Å². The molecule has 17 heavy (non-hydrogen) atoms. The third kappa shape index (κ3) is 4.01. The molecule has 3 N–H and O–H groups in total. The standard InChI is InChI=1S/C10H10BrF3N2O/c11-6-1-2-7(8(12)3-6)9(17)16-5-10(13,14)4-15/h1-3H,4-5,15H2,(H,16,17). The minimum absolute atomic E-state index is 0.291. The van der Waals surface area contributed by atoms with Gasteiger partial charge in [-0.1, -0.05) is 15.9 Å². The van der Waals surface area contributed by atoms with Crippen molar-refractivity contribution in [3.8, 4) is 0 Å². The Hall–Kier alpha value is -1.08. The molecule has 94 valence electrons. The molecule has 0 fully saturated rings. The second-order valence-electron chi connectivity index (χ2n) is 3.37. The van der Waals surface area contributed by atoms with Gasteiger partial charge in [-0.3, -0.25) is 4.79 Å². The van der Waals surface area contributed by atoms with Gasteiger partial charge in [0.1, 0.15) is 5.82 Å². The summed E-state index contributed by atoms with van der Waals surface area (Å²) in [6, 6.07) is 3.73. The molecule has 0 bridgehead atoms. The van der Waals surface area contributed by atoms with Crippen molar-refractivity contribution in [2.45, 2.75) is 5.92 Å². The maximum Gasteiger partial charge on any atom is 0.277 e. The van der Waals surface area contributed by atoms with E-state index in [0.717, 1.165) is 6.07 Å². The number of rotatable bonds is 4. The SMILES string of the molecule is NCC(F)(F)CNC(=O)c1ccc(Br)cc1F. The van der Waals surface area contributed by atoms with Crippen molar-refractivity contribution in [3.63, 3.8) is 0 Å². The lowest BCUT2D eigenvalue weighted by Gasteiger charge is -2.14. The van der Waals surface area contributed by atoms with E-state index in [1.165, 1.54) is 12.1 Å². The lowest BCUT2D eigenvalue weighted by atomic mass is 10.2. The predicted molar refractivity (Wildman–Crippen MR) is 60.4 cm³/mol. The number of nitrogens with two attached hydrogens (primary N) is 1. The second-order valence-corrected chi connectivity index (χ2v) is 4.28. The number of benzene rings is 1. The van der Waals surface area contributed by atoms with Crippen molar-refractivity contribution < 1.29 is 18.0 Å². The van der Waals surface area contributed by atoms with Gasteiger partial charge in [0, 0.05) is 4.47 Å². The van der Waals surface area contributed by atoms with Crippen molar-refractivity contribution >= 4 is 21.8 Å². The van der Waals surface area contributed by atoms with E-state index >= 15 is 0 Å². The number of hydrogen-bond donors (Lipinski definition) is 2. The van der Waals surface area contributed by atoms with Gasteiger partial charge >= 0.3 is 0 Å². The van der Waals surface area contributed by atoms with Gasteiger partial charge in [-0.05, 0) is 18.2 Å². The summed E-state index contributed by atoms with van der Waals surface area (Å²) >= 11 is 3.02. The second kappa shape index (κ2) is 5.50. The van der Waals surface area contributed by atoms with Crippen LogP contribution in [-0.2, 0) is 0 Å². The Morgan fingerprint density at radius 2 is 2.12 bits per heavy atom. The highest BCUT2D eigenvalue weighted by atomic mass is 79.9. The molecule has 0 atom stereocenters. The normalized spacial score (nSPS) is 11.4. The van der Waals surface area contributed by atoms with Gasteiger partial charge in [0.2, 0.25) is 0 Å². The van der Waals surface area contributed by atoms with Crippen molar-refractivity contribution in [1.29, 1.82) is 0 Å². The Balaban J connectivity index is 2.71. The lowest BCUT2D eigenvalue weighted by Crippen LogP contribution is -2.41. The summed E-state index contributed by atoms with van der Waals surface area (Å²) in [5.74, 6) is -4.88. The molecule has 1 aromatic carbocycles. The Morgan fingerprint density at radius 1 is 1.47 bits per heavy atom. The largest absolute Gasteiger partial charge is 0.346 e. The molecule has 1 rings (SSSR count). The van der Waals surface area contributed by atoms with E-state index in [2.05, 4.69) is 15.9 Å². The summed E-state index contributed by atoms with van der Waals surface area (Å²) < 4.78 is 39.3. The molecule has 1 aromatic rings. The molecule has 7 heteroatoms. The summed E-state index contributed by atoms with van der Waals surface area (Å²) in [4.78, 5) is 11.4. The molecule has 0 aliphatic heterocycles. The van der Waals surface area contributed by atoms with E-state index in [-0.39, 0.29) is 5.56 Å². The van der Waals surface area contributed by atoms with E-state index in [0.29, 0.717) is 4.47 Å². The Bertz CT molecular complexity index is 426. The summed E-state index contributed by atoms with van der Waals surface area (Å²) in [5.41, 5.74) is 4.51. The smallest absolute Gasteiger partial charge is 0.277 e. The van der Waals surface area contributed by atoms with Gasteiger partial charge < -0.3 is 11.1 Å². The first-order chi connectivity index (χ1) is 7.85. The number of carbonyl (C=O) groups excluding carboxylic acids is 1. The number of nitrogens with one attached hydrogen (secondary N) is 1. The molecule has 0 aliphatic rings. The van der Waals surface area contributed by atoms with Crippen LogP contribution >= 0.6 is 15.9 Å². The zero-order valence-corrected chi connectivity index (χ0v) is 10.2. The molecule has 3 nitrogen and oxygen atoms in total. The van der Waals surface area contributed by atoms with Crippen LogP contribution in [-0.4, -0.2) is 24.9 Å². The van der Waals surface area contributed by atoms with Crippen molar-refractivity contribution in [2.24, 2.45) is 5.73 Å². The molecule has 0 heterocycles. The molecular formula is C10H10BrF3N2O. The fourth-order valence-corrected chi connectivity index (χ4v) is 1.38. The zero-order valence-electron chi connectivity index (χ0n) is 8.64. The number of carbonyl (C=O) groups is 1. The van der Waals surface area contributed by atoms with Crippen LogP contribution in [0.25, 0.3) is 0 Å². The quantitative estimate of drug-likeness (QED) is 0.892. The van der Waals surface area contributed by atoms with Gasteiger partial charge in [0.15, 0.2) is 0 Å². The molecule has 1 amide bonds. The zero-order chi connectivity index (χ0) is 13.1. The number of halogens is 4. The minimum Gasteiger partial charge on any atom is -0.346 e. The van der Waals surface area contributed by atoms with Crippen LogP contribution in [0, 0.1) is 5.82 Å².